The second-order valence-electron chi connectivity index (χ2n) is 5.36. The van der Waals surface area contributed by atoms with E-state index in [1.54, 1.807) is 0 Å². The van der Waals surface area contributed by atoms with Crippen LogP contribution in [0, 0.1) is 0 Å². The molecular formula is C9H16N3NaO13P3. The molecule has 5 atom stereocenters. The van der Waals surface area contributed by atoms with Crippen molar-refractivity contribution in [1.82, 2.24) is 9.55 Å². The number of hydrogen-bond acceptors (Lipinski definition) is 11. The number of aromatic nitrogens is 2. The number of aliphatic hydroxyl groups is 1. The van der Waals surface area contributed by atoms with E-state index in [1.807, 2.05) is 0 Å². The molecule has 0 saturated carbocycles. The molecule has 16 nitrogen and oxygen atoms in total. The van der Waals surface area contributed by atoms with Gasteiger partial charge in [0.15, 0.2) is 0 Å². The van der Waals surface area contributed by atoms with Gasteiger partial charge in [0, 0.05) is 42.2 Å². The number of rotatable bonds is 8. The van der Waals surface area contributed by atoms with Crippen LogP contribution in [-0.2, 0) is 31.6 Å². The molecule has 1 aromatic heterocycles. The van der Waals surface area contributed by atoms with Crippen molar-refractivity contribution in [3.8, 4) is 0 Å². The van der Waals surface area contributed by atoms with Crippen molar-refractivity contribution in [3.05, 3.63) is 22.7 Å². The van der Waals surface area contributed by atoms with Crippen molar-refractivity contribution >= 4 is 58.8 Å². The van der Waals surface area contributed by atoms with E-state index < -0.39 is 54.2 Å². The fourth-order valence-electron chi connectivity index (χ4n) is 2.15. The summed E-state index contributed by atoms with van der Waals surface area (Å²) in [5.74, 6) is -0.0380. The second-order valence-corrected chi connectivity index (χ2v) is 9.78. The predicted octanol–water partition coefficient (Wildman–Crippen LogP) is -1.56. The average Bonchev–Trinajstić information content (AvgIpc) is 2.82. The van der Waals surface area contributed by atoms with Gasteiger partial charge in [0.2, 0.25) is 0 Å². The van der Waals surface area contributed by atoms with Gasteiger partial charge in [-0.15, -0.1) is 0 Å². The van der Waals surface area contributed by atoms with E-state index in [1.165, 1.54) is 12.3 Å². The number of nitrogens with two attached hydrogens (primary N) is 1. The monoisotopic (exact) mass is 490 g/mol. The Morgan fingerprint density at radius 3 is 2.38 bits per heavy atom. The Morgan fingerprint density at radius 1 is 1.21 bits per heavy atom. The Bertz CT molecular complexity index is 920. The van der Waals surface area contributed by atoms with Crippen molar-refractivity contribution in [1.29, 1.82) is 0 Å². The maximum Gasteiger partial charge on any atom is 0.490 e. The Kier molecular flexibility index (Phi) is 9.41. The normalized spacial score (nSPS) is 26.3. The van der Waals surface area contributed by atoms with Crippen molar-refractivity contribution in [2.45, 2.75) is 24.9 Å². The molecule has 29 heavy (non-hydrogen) atoms. The molecule has 1 aliphatic heterocycles. The van der Waals surface area contributed by atoms with Crippen LogP contribution in [0.1, 0.15) is 12.6 Å². The summed E-state index contributed by atoms with van der Waals surface area (Å²) in [6, 6.07) is 1.30. The van der Waals surface area contributed by atoms with Gasteiger partial charge in [0.1, 0.15) is 18.1 Å². The van der Waals surface area contributed by atoms with E-state index in [-0.39, 0.29) is 41.8 Å². The molecule has 0 aromatic carbocycles. The first-order valence-electron chi connectivity index (χ1n) is 7.14. The first kappa shape index (κ1) is 27.0. The summed E-state index contributed by atoms with van der Waals surface area (Å²) in [6.07, 6.45) is -2.42. The molecule has 2 rings (SSSR count). The Morgan fingerprint density at radius 2 is 1.83 bits per heavy atom. The van der Waals surface area contributed by atoms with E-state index >= 15 is 0 Å². The molecule has 1 aliphatic rings. The third-order valence-corrected chi connectivity index (χ3v) is 6.99. The molecular weight excluding hydrogens is 474 g/mol. The zero-order valence-corrected chi connectivity index (χ0v) is 19.3. The van der Waals surface area contributed by atoms with Crippen molar-refractivity contribution in [2.75, 3.05) is 12.3 Å². The van der Waals surface area contributed by atoms with E-state index in [2.05, 4.69) is 18.1 Å². The number of nitrogen functional groups attached to an aromatic ring is 1. The Balaban J connectivity index is 0.00000420. The van der Waals surface area contributed by atoms with Crippen LogP contribution in [0.3, 0.4) is 0 Å². The molecule has 161 valence electrons. The third kappa shape index (κ3) is 8.57. The van der Waals surface area contributed by atoms with Gasteiger partial charge in [-0.3, -0.25) is 9.09 Å². The fourth-order valence-corrected chi connectivity index (χ4v) is 5.18. The minimum Gasteiger partial charge on any atom is -0.390 e. The zero-order chi connectivity index (χ0) is 21.3. The molecule has 0 bridgehead atoms. The molecule has 20 heteroatoms. The molecule has 1 aromatic rings. The van der Waals surface area contributed by atoms with Crippen molar-refractivity contribution in [2.24, 2.45) is 0 Å². The predicted molar refractivity (Wildman–Crippen MR) is 93.0 cm³/mol. The number of ether oxygens (including phenoxy) is 1. The third-order valence-electron chi connectivity index (χ3n) is 3.18. The summed E-state index contributed by atoms with van der Waals surface area (Å²) in [7, 11) is -16.5. The molecule has 0 aliphatic carbocycles. The van der Waals surface area contributed by atoms with Crippen LogP contribution >= 0.6 is 23.5 Å². The Labute approximate surface area is 184 Å². The van der Waals surface area contributed by atoms with Gasteiger partial charge in [-0.1, -0.05) is 0 Å². The molecule has 2 heterocycles. The Hall–Kier alpha value is 0.01000. The van der Waals surface area contributed by atoms with Crippen LogP contribution in [0.2, 0.25) is 0 Å². The number of nitrogens with zero attached hydrogens (tertiary/aromatic N) is 2. The van der Waals surface area contributed by atoms with Crippen LogP contribution < -0.4 is 11.4 Å². The van der Waals surface area contributed by atoms with Crippen molar-refractivity contribution in [3.63, 3.8) is 0 Å². The topological polar surface area (TPSA) is 250 Å². The summed E-state index contributed by atoms with van der Waals surface area (Å²) in [5, 5.41) is 9.94. The maximum absolute atomic E-state index is 11.8. The van der Waals surface area contributed by atoms with E-state index in [0.717, 1.165) is 4.57 Å². The summed E-state index contributed by atoms with van der Waals surface area (Å²) in [6.45, 7) is -0.849. The van der Waals surface area contributed by atoms with Gasteiger partial charge in [-0.2, -0.15) is 13.6 Å². The molecule has 1 saturated heterocycles. The first-order valence-corrected chi connectivity index (χ1v) is 11.7. The zero-order valence-electron chi connectivity index (χ0n) is 14.6. The van der Waals surface area contributed by atoms with Crippen LogP contribution in [0.15, 0.2) is 17.1 Å². The smallest absolute Gasteiger partial charge is 0.390 e. The van der Waals surface area contributed by atoms with Gasteiger partial charge in [0.25, 0.3) is 0 Å². The summed E-state index contributed by atoms with van der Waals surface area (Å²) < 4.78 is 51.2. The molecule has 1 fully saturated rings. The molecule has 5 unspecified atom stereocenters. The number of hydrogen-bond donors (Lipinski definition) is 6. The molecule has 0 spiro atoms. The summed E-state index contributed by atoms with van der Waals surface area (Å²) in [4.78, 5) is 50.5. The molecule has 7 N–H and O–H groups in total. The number of phosphoric acid groups is 3. The maximum atomic E-state index is 11.8. The minimum atomic E-state index is -5.65. The standard InChI is InChI=1S/C9H16N3O13P3.Na/c10-7-1-2-12(9(14)11-7)8-3-5(13)6(23-8)4-22-27(18,19)25-28(20,21)24-26(15,16)17;/h1-2,5-6,8,13H,3-4H2,(H,18,19)(H,20,21)(H2,10,11,14)(H2,15,16,17);. The van der Waals surface area contributed by atoms with E-state index in [0.29, 0.717) is 0 Å². The van der Waals surface area contributed by atoms with E-state index in [9.17, 15) is 28.5 Å². The largest absolute Gasteiger partial charge is 0.490 e. The van der Waals surface area contributed by atoms with Crippen LogP contribution in [0.5, 0.6) is 0 Å². The quantitative estimate of drug-likeness (QED) is 0.178. The number of aliphatic hydroxyl groups excluding tert-OH is 1. The van der Waals surface area contributed by atoms with Crippen LogP contribution in [0.4, 0.5) is 5.82 Å². The molecule has 1 radical (unpaired) electrons. The van der Waals surface area contributed by atoms with Gasteiger partial charge >= 0.3 is 29.2 Å². The average molecular weight is 490 g/mol. The SMILES string of the molecule is Nc1ccn(C2CC(O)C(COP(=O)(O)OP(=O)(O)OP(=O)(O)O)O2)c(=O)n1.[Na]. The van der Waals surface area contributed by atoms with Gasteiger partial charge in [-0.25, -0.2) is 18.5 Å². The van der Waals surface area contributed by atoms with Gasteiger partial charge < -0.3 is 35.2 Å². The second kappa shape index (κ2) is 10.1. The first-order chi connectivity index (χ1) is 12.7. The van der Waals surface area contributed by atoms with Crippen LogP contribution in [0.25, 0.3) is 0 Å². The summed E-state index contributed by atoms with van der Waals surface area (Å²) in [5.41, 5.74) is 4.58. The van der Waals surface area contributed by atoms with Gasteiger partial charge in [-0.05, 0) is 6.07 Å². The minimum absolute atomic E-state index is 0. The number of anilines is 1. The van der Waals surface area contributed by atoms with E-state index in [4.69, 9.17) is 25.2 Å². The van der Waals surface area contributed by atoms with Gasteiger partial charge in [0.05, 0.1) is 12.7 Å². The number of phosphoric ester groups is 1. The fraction of sp³-hybridized carbons (Fsp3) is 0.556. The van der Waals surface area contributed by atoms with Crippen molar-refractivity contribution < 1.29 is 56.3 Å². The molecule has 0 amide bonds. The van der Waals surface area contributed by atoms with Crippen LogP contribution in [-0.4, -0.2) is 82.6 Å². The summed E-state index contributed by atoms with van der Waals surface area (Å²) >= 11 is 0.